The van der Waals surface area contributed by atoms with Gasteiger partial charge in [0.2, 0.25) is 0 Å². The Balaban J connectivity index is 3.06. The standard InChI is InChI=1S/C10H11IN2O6/c1-18-2-3-19-9-5-7(12-10(14)15)8(13(16)17)4-6(9)11/h4-5,12H,2-3H2,1H3,(H,14,15). The molecule has 8 nitrogen and oxygen atoms in total. The first-order valence-electron chi connectivity index (χ1n) is 5.05. The van der Waals surface area contributed by atoms with Crippen LogP contribution in [-0.2, 0) is 4.74 Å². The van der Waals surface area contributed by atoms with Crippen LogP contribution in [0.1, 0.15) is 0 Å². The molecule has 104 valence electrons. The van der Waals surface area contributed by atoms with Crippen LogP contribution in [0.15, 0.2) is 12.1 Å². The van der Waals surface area contributed by atoms with Crippen LogP contribution in [0.2, 0.25) is 0 Å². The maximum atomic E-state index is 10.8. The molecule has 0 bridgehead atoms. The summed E-state index contributed by atoms with van der Waals surface area (Å²) in [6, 6.07) is 2.53. The summed E-state index contributed by atoms with van der Waals surface area (Å²) in [7, 11) is 1.52. The Hall–Kier alpha value is -1.62. The molecule has 0 aliphatic heterocycles. The number of methoxy groups -OCH3 is 1. The lowest BCUT2D eigenvalue weighted by molar-refractivity contribution is -0.384. The van der Waals surface area contributed by atoms with Crippen molar-refractivity contribution >= 4 is 40.1 Å². The molecule has 0 saturated carbocycles. The molecule has 0 aliphatic carbocycles. The highest BCUT2D eigenvalue weighted by atomic mass is 127. The van der Waals surface area contributed by atoms with Gasteiger partial charge in [-0.1, -0.05) is 0 Å². The van der Waals surface area contributed by atoms with E-state index in [9.17, 15) is 14.9 Å². The van der Waals surface area contributed by atoms with Crippen LogP contribution >= 0.6 is 22.6 Å². The first-order valence-corrected chi connectivity index (χ1v) is 6.13. The lowest BCUT2D eigenvalue weighted by atomic mass is 10.2. The number of halogens is 1. The van der Waals surface area contributed by atoms with E-state index in [1.807, 2.05) is 27.9 Å². The lowest BCUT2D eigenvalue weighted by Crippen LogP contribution is -2.11. The first kappa shape index (κ1) is 15.4. The number of rotatable bonds is 6. The molecule has 1 aromatic rings. The fourth-order valence-corrected chi connectivity index (χ4v) is 1.86. The Kier molecular flexibility index (Phi) is 5.76. The number of anilines is 1. The third kappa shape index (κ3) is 4.52. The average molecular weight is 382 g/mol. The van der Waals surface area contributed by atoms with Gasteiger partial charge in [0.15, 0.2) is 0 Å². The summed E-state index contributed by atoms with van der Waals surface area (Å²) in [6.07, 6.45) is -1.38. The summed E-state index contributed by atoms with van der Waals surface area (Å²) >= 11 is 1.88. The van der Waals surface area contributed by atoms with Gasteiger partial charge in [-0.15, -0.1) is 0 Å². The molecule has 0 fully saturated rings. The van der Waals surface area contributed by atoms with Crippen LogP contribution in [-0.4, -0.2) is 36.4 Å². The summed E-state index contributed by atoms with van der Waals surface area (Å²) in [5.74, 6) is 0.354. The fraction of sp³-hybridized carbons (Fsp3) is 0.300. The number of carboxylic acid groups (broad SMARTS) is 1. The van der Waals surface area contributed by atoms with E-state index in [0.717, 1.165) is 0 Å². The monoisotopic (exact) mass is 382 g/mol. The number of hydrogen-bond acceptors (Lipinski definition) is 5. The van der Waals surface area contributed by atoms with E-state index in [2.05, 4.69) is 0 Å². The number of hydrogen-bond donors (Lipinski definition) is 2. The number of carbonyl (C=O) groups is 1. The Morgan fingerprint density at radius 1 is 1.53 bits per heavy atom. The van der Waals surface area contributed by atoms with E-state index in [1.54, 1.807) is 0 Å². The molecule has 0 saturated heterocycles. The van der Waals surface area contributed by atoms with Crippen LogP contribution in [0.3, 0.4) is 0 Å². The van der Waals surface area contributed by atoms with Crippen LogP contribution in [0, 0.1) is 13.7 Å². The molecule has 1 amide bonds. The molecule has 0 atom stereocenters. The highest BCUT2D eigenvalue weighted by molar-refractivity contribution is 14.1. The van der Waals surface area contributed by atoms with Gasteiger partial charge in [-0.2, -0.15) is 0 Å². The molecular weight excluding hydrogens is 371 g/mol. The molecule has 0 spiro atoms. The molecule has 0 unspecified atom stereocenters. The van der Waals surface area contributed by atoms with Crippen molar-refractivity contribution in [2.24, 2.45) is 0 Å². The number of nitro benzene ring substituents is 1. The van der Waals surface area contributed by atoms with Crippen molar-refractivity contribution in [1.82, 2.24) is 0 Å². The number of amides is 1. The molecular formula is C10H11IN2O6. The largest absolute Gasteiger partial charge is 0.490 e. The lowest BCUT2D eigenvalue weighted by Gasteiger charge is -2.10. The molecule has 0 radical (unpaired) electrons. The van der Waals surface area contributed by atoms with E-state index in [1.165, 1.54) is 19.2 Å². The molecule has 19 heavy (non-hydrogen) atoms. The van der Waals surface area contributed by atoms with E-state index in [-0.39, 0.29) is 18.0 Å². The first-order chi connectivity index (χ1) is 8.95. The van der Waals surface area contributed by atoms with Crippen molar-refractivity contribution < 1.29 is 24.3 Å². The highest BCUT2D eigenvalue weighted by Gasteiger charge is 2.19. The summed E-state index contributed by atoms with van der Waals surface area (Å²) < 4.78 is 10.7. The Morgan fingerprint density at radius 3 is 2.74 bits per heavy atom. The zero-order chi connectivity index (χ0) is 14.4. The van der Waals surface area contributed by atoms with E-state index >= 15 is 0 Å². The number of ether oxygens (including phenoxy) is 2. The average Bonchev–Trinajstić information content (AvgIpc) is 2.32. The van der Waals surface area contributed by atoms with Gasteiger partial charge in [0.1, 0.15) is 18.0 Å². The van der Waals surface area contributed by atoms with Gasteiger partial charge in [-0.25, -0.2) is 4.79 Å². The molecule has 0 aliphatic rings. The highest BCUT2D eigenvalue weighted by Crippen LogP contribution is 2.33. The summed E-state index contributed by atoms with van der Waals surface area (Å²) in [6.45, 7) is 0.617. The fourth-order valence-electron chi connectivity index (χ4n) is 1.25. The van der Waals surface area contributed by atoms with Gasteiger partial charge in [-0.05, 0) is 22.6 Å². The molecule has 2 N–H and O–H groups in total. The zero-order valence-electron chi connectivity index (χ0n) is 9.88. The zero-order valence-corrected chi connectivity index (χ0v) is 12.0. The van der Waals surface area contributed by atoms with E-state index in [0.29, 0.717) is 15.9 Å². The predicted octanol–water partition coefficient (Wildman–Crippen LogP) is 2.31. The number of benzene rings is 1. The Labute approximate surface area is 122 Å². The SMILES string of the molecule is COCCOc1cc(NC(=O)O)c([N+](=O)[O-])cc1I. The second-order valence-electron chi connectivity index (χ2n) is 3.33. The third-order valence-corrected chi connectivity index (χ3v) is 2.88. The number of nitro groups is 1. The number of nitrogens with zero attached hydrogens (tertiary/aromatic N) is 1. The number of nitrogens with one attached hydrogen (secondary N) is 1. The minimum Gasteiger partial charge on any atom is -0.490 e. The smallest absolute Gasteiger partial charge is 0.409 e. The second kappa shape index (κ2) is 7.09. The van der Waals surface area contributed by atoms with Crippen molar-refractivity contribution in [3.05, 3.63) is 25.8 Å². The maximum Gasteiger partial charge on any atom is 0.409 e. The van der Waals surface area contributed by atoms with Crippen LogP contribution in [0.4, 0.5) is 16.2 Å². The van der Waals surface area contributed by atoms with Crippen molar-refractivity contribution in [2.45, 2.75) is 0 Å². The summed E-state index contributed by atoms with van der Waals surface area (Å²) in [4.78, 5) is 20.8. The van der Waals surface area contributed by atoms with Crippen LogP contribution < -0.4 is 10.1 Å². The Bertz CT molecular complexity index is 493. The molecule has 0 heterocycles. The summed E-state index contributed by atoms with van der Waals surface area (Å²) in [5, 5.41) is 21.5. The quantitative estimate of drug-likeness (QED) is 0.338. The summed E-state index contributed by atoms with van der Waals surface area (Å²) in [5.41, 5.74) is -0.462. The van der Waals surface area contributed by atoms with Crippen molar-refractivity contribution in [3.63, 3.8) is 0 Å². The molecule has 1 rings (SSSR count). The molecule has 0 aromatic heterocycles. The van der Waals surface area contributed by atoms with Crippen LogP contribution in [0.25, 0.3) is 0 Å². The van der Waals surface area contributed by atoms with Gasteiger partial charge < -0.3 is 14.6 Å². The van der Waals surface area contributed by atoms with Gasteiger partial charge in [0.05, 0.1) is 15.1 Å². The molecule has 9 heteroatoms. The van der Waals surface area contributed by atoms with Gasteiger partial charge >= 0.3 is 6.09 Å². The Morgan fingerprint density at radius 2 is 2.21 bits per heavy atom. The van der Waals surface area contributed by atoms with Crippen LogP contribution in [0.5, 0.6) is 5.75 Å². The minimum absolute atomic E-state index is 0.134. The van der Waals surface area contributed by atoms with Crippen molar-refractivity contribution in [3.8, 4) is 5.75 Å². The normalized spacial score (nSPS) is 10.0. The van der Waals surface area contributed by atoms with Crippen molar-refractivity contribution in [2.75, 3.05) is 25.6 Å². The van der Waals surface area contributed by atoms with Gasteiger partial charge in [0, 0.05) is 19.2 Å². The van der Waals surface area contributed by atoms with Crippen molar-refractivity contribution in [1.29, 1.82) is 0 Å². The predicted molar refractivity (Wildman–Crippen MR) is 74.8 cm³/mol. The van der Waals surface area contributed by atoms with Gasteiger partial charge in [0.25, 0.3) is 5.69 Å². The second-order valence-corrected chi connectivity index (χ2v) is 4.49. The van der Waals surface area contributed by atoms with E-state index in [4.69, 9.17) is 14.6 Å². The van der Waals surface area contributed by atoms with E-state index < -0.39 is 11.0 Å². The molecule has 1 aromatic carbocycles. The minimum atomic E-state index is -1.38. The topological polar surface area (TPSA) is 111 Å². The maximum absolute atomic E-state index is 10.8. The third-order valence-electron chi connectivity index (χ3n) is 2.03. The van der Waals surface area contributed by atoms with Gasteiger partial charge in [-0.3, -0.25) is 15.4 Å².